The second kappa shape index (κ2) is 4.97. The summed E-state index contributed by atoms with van der Waals surface area (Å²) in [6.07, 6.45) is 7.96. The maximum absolute atomic E-state index is 5.60. The maximum Gasteiger partial charge on any atom is 0.180 e. The molecule has 6 nitrogen and oxygen atoms in total. The normalized spacial score (nSPS) is 14.2. The highest BCUT2D eigenvalue weighted by molar-refractivity contribution is 5.56. The van der Waals surface area contributed by atoms with Crippen LogP contribution in [0, 0.1) is 0 Å². The first-order valence-corrected chi connectivity index (χ1v) is 6.70. The number of rotatable bonds is 3. The molecule has 0 spiro atoms. The number of imidazole rings is 1. The molecule has 6 heteroatoms. The van der Waals surface area contributed by atoms with E-state index < -0.39 is 0 Å². The van der Waals surface area contributed by atoms with Crippen LogP contribution in [0.2, 0.25) is 0 Å². The number of nitrogen functional groups attached to an aromatic ring is 1. The third-order valence-corrected chi connectivity index (χ3v) is 3.60. The summed E-state index contributed by atoms with van der Waals surface area (Å²) in [6, 6.07) is 0. The van der Waals surface area contributed by atoms with E-state index in [0.717, 1.165) is 36.6 Å². The lowest BCUT2D eigenvalue weighted by molar-refractivity contribution is 0.663. The summed E-state index contributed by atoms with van der Waals surface area (Å²) in [4.78, 5) is 13.4. The van der Waals surface area contributed by atoms with E-state index in [1.807, 2.05) is 4.57 Å². The van der Waals surface area contributed by atoms with Crippen LogP contribution in [0.1, 0.15) is 31.0 Å². The molecule has 0 saturated carbocycles. The summed E-state index contributed by atoms with van der Waals surface area (Å²) in [5, 5.41) is 0. The fraction of sp³-hybridized carbons (Fsp3) is 0.462. The topological polar surface area (TPSA) is 81.7 Å². The molecule has 100 valence electrons. The summed E-state index contributed by atoms with van der Waals surface area (Å²) >= 11 is 0. The van der Waals surface area contributed by atoms with Crippen LogP contribution in [0.15, 0.2) is 12.5 Å². The molecule has 2 heterocycles. The minimum atomic E-state index is 0.702. The van der Waals surface area contributed by atoms with Gasteiger partial charge in [-0.2, -0.15) is 0 Å². The molecule has 19 heavy (non-hydrogen) atoms. The minimum Gasteiger partial charge on any atom is -0.328 e. The summed E-state index contributed by atoms with van der Waals surface area (Å²) in [5.41, 5.74) is 5.94. The molecule has 0 atom stereocenters. The number of aromatic nitrogens is 4. The van der Waals surface area contributed by atoms with Gasteiger partial charge >= 0.3 is 0 Å². The zero-order valence-electron chi connectivity index (χ0n) is 11.1. The SMILES string of the molecule is CCn1cncc1-c1nc2c(c(NN)n1)CCCC2. The maximum atomic E-state index is 5.60. The molecule has 1 aliphatic rings. The van der Waals surface area contributed by atoms with E-state index in [9.17, 15) is 0 Å². The zero-order valence-corrected chi connectivity index (χ0v) is 11.1. The molecular formula is C13H18N6. The lowest BCUT2D eigenvalue weighted by Crippen LogP contribution is -2.17. The largest absolute Gasteiger partial charge is 0.328 e. The van der Waals surface area contributed by atoms with Crippen LogP contribution in [-0.2, 0) is 19.4 Å². The lowest BCUT2D eigenvalue weighted by atomic mass is 9.96. The highest BCUT2D eigenvalue weighted by Gasteiger charge is 2.19. The van der Waals surface area contributed by atoms with E-state index in [4.69, 9.17) is 10.8 Å². The van der Waals surface area contributed by atoms with Crippen molar-refractivity contribution in [3.63, 3.8) is 0 Å². The molecule has 0 radical (unpaired) electrons. The van der Waals surface area contributed by atoms with Gasteiger partial charge < -0.3 is 9.99 Å². The molecule has 3 N–H and O–H groups in total. The van der Waals surface area contributed by atoms with Gasteiger partial charge in [0.2, 0.25) is 0 Å². The molecule has 0 unspecified atom stereocenters. The summed E-state index contributed by atoms with van der Waals surface area (Å²) in [5.74, 6) is 7.06. The van der Waals surface area contributed by atoms with E-state index in [1.165, 1.54) is 18.4 Å². The van der Waals surface area contributed by atoms with Crippen LogP contribution in [0.25, 0.3) is 11.5 Å². The molecule has 2 aromatic heterocycles. The summed E-state index contributed by atoms with van der Waals surface area (Å²) < 4.78 is 2.03. The van der Waals surface area contributed by atoms with Crippen LogP contribution in [0.5, 0.6) is 0 Å². The zero-order chi connectivity index (χ0) is 13.2. The Hall–Kier alpha value is -1.95. The average Bonchev–Trinajstić information content (AvgIpc) is 2.94. The van der Waals surface area contributed by atoms with Gasteiger partial charge in [0.1, 0.15) is 11.5 Å². The van der Waals surface area contributed by atoms with Crippen LogP contribution in [0.4, 0.5) is 5.82 Å². The lowest BCUT2D eigenvalue weighted by Gasteiger charge is -2.18. The molecule has 2 aromatic rings. The summed E-state index contributed by atoms with van der Waals surface area (Å²) in [7, 11) is 0. The van der Waals surface area contributed by atoms with Crippen molar-refractivity contribution in [1.82, 2.24) is 19.5 Å². The number of nitrogens with one attached hydrogen (secondary N) is 1. The summed E-state index contributed by atoms with van der Waals surface area (Å²) in [6.45, 7) is 2.92. The number of hydrogen-bond donors (Lipinski definition) is 2. The van der Waals surface area contributed by atoms with Crippen molar-refractivity contribution in [2.24, 2.45) is 5.84 Å². The number of fused-ring (bicyclic) bond motifs is 1. The van der Waals surface area contributed by atoms with Crippen molar-refractivity contribution in [1.29, 1.82) is 0 Å². The molecular weight excluding hydrogens is 240 g/mol. The van der Waals surface area contributed by atoms with Gasteiger partial charge in [-0.05, 0) is 32.6 Å². The van der Waals surface area contributed by atoms with Crippen molar-refractivity contribution in [2.75, 3.05) is 5.43 Å². The Morgan fingerprint density at radius 1 is 1.32 bits per heavy atom. The van der Waals surface area contributed by atoms with Gasteiger partial charge in [0.05, 0.1) is 12.5 Å². The number of hydrogen-bond acceptors (Lipinski definition) is 5. The molecule has 0 bridgehead atoms. The number of aryl methyl sites for hydroxylation is 2. The van der Waals surface area contributed by atoms with Crippen LogP contribution in [-0.4, -0.2) is 19.5 Å². The van der Waals surface area contributed by atoms with Gasteiger partial charge in [0.15, 0.2) is 5.82 Å². The van der Waals surface area contributed by atoms with Crippen LogP contribution >= 0.6 is 0 Å². The predicted octanol–water partition coefficient (Wildman–Crippen LogP) is 1.52. The highest BCUT2D eigenvalue weighted by atomic mass is 15.3. The van der Waals surface area contributed by atoms with Gasteiger partial charge in [-0.3, -0.25) is 0 Å². The molecule has 3 rings (SSSR count). The Bertz CT molecular complexity index is 572. The number of nitrogens with two attached hydrogens (primary N) is 1. The second-order valence-corrected chi connectivity index (χ2v) is 4.74. The second-order valence-electron chi connectivity index (χ2n) is 4.74. The number of nitrogens with zero attached hydrogens (tertiary/aromatic N) is 4. The Morgan fingerprint density at radius 2 is 2.16 bits per heavy atom. The minimum absolute atomic E-state index is 0.702. The van der Waals surface area contributed by atoms with Gasteiger partial charge in [-0.25, -0.2) is 20.8 Å². The fourth-order valence-electron chi connectivity index (χ4n) is 2.59. The monoisotopic (exact) mass is 258 g/mol. The van der Waals surface area contributed by atoms with E-state index in [1.54, 1.807) is 12.5 Å². The average molecular weight is 258 g/mol. The quantitative estimate of drug-likeness (QED) is 0.644. The van der Waals surface area contributed by atoms with E-state index in [0.29, 0.717) is 5.82 Å². The van der Waals surface area contributed by atoms with E-state index >= 15 is 0 Å². The third-order valence-electron chi connectivity index (χ3n) is 3.60. The third kappa shape index (κ3) is 2.08. The van der Waals surface area contributed by atoms with Crippen molar-refractivity contribution < 1.29 is 0 Å². The Morgan fingerprint density at radius 3 is 2.95 bits per heavy atom. The molecule has 0 aromatic carbocycles. The molecule has 0 fully saturated rings. The van der Waals surface area contributed by atoms with Crippen LogP contribution in [0.3, 0.4) is 0 Å². The molecule has 0 aliphatic heterocycles. The van der Waals surface area contributed by atoms with Gasteiger partial charge in [-0.15, -0.1) is 0 Å². The smallest absolute Gasteiger partial charge is 0.180 e. The van der Waals surface area contributed by atoms with Crippen molar-refractivity contribution in [3.05, 3.63) is 23.8 Å². The first-order chi connectivity index (χ1) is 9.33. The van der Waals surface area contributed by atoms with Gasteiger partial charge in [0, 0.05) is 17.8 Å². The standard InChI is InChI=1S/C13H18N6/c1-2-19-8-15-7-11(19)13-16-10-6-4-3-5-9(10)12(17-13)18-14/h7-8H,2-6,14H2,1H3,(H,16,17,18). The first kappa shape index (κ1) is 12.1. The van der Waals surface area contributed by atoms with E-state index in [2.05, 4.69) is 22.3 Å². The Kier molecular flexibility index (Phi) is 3.16. The predicted molar refractivity (Wildman–Crippen MR) is 73.4 cm³/mol. The molecule has 0 amide bonds. The Labute approximate surface area is 112 Å². The van der Waals surface area contributed by atoms with Crippen molar-refractivity contribution in [3.8, 4) is 11.5 Å². The van der Waals surface area contributed by atoms with Crippen molar-refractivity contribution in [2.45, 2.75) is 39.2 Å². The Balaban J connectivity index is 2.12. The van der Waals surface area contributed by atoms with Gasteiger partial charge in [0.25, 0.3) is 0 Å². The van der Waals surface area contributed by atoms with Crippen molar-refractivity contribution >= 4 is 5.82 Å². The number of hydrazine groups is 1. The highest BCUT2D eigenvalue weighted by Crippen LogP contribution is 2.27. The molecule has 1 aliphatic carbocycles. The molecule has 0 saturated heterocycles. The van der Waals surface area contributed by atoms with Gasteiger partial charge in [-0.1, -0.05) is 0 Å². The number of anilines is 1. The first-order valence-electron chi connectivity index (χ1n) is 6.70. The van der Waals surface area contributed by atoms with E-state index in [-0.39, 0.29) is 0 Å². The van der Waals surface area contributed by atoms with Crippen LogP contribution < -0.4 is 11.3 Å². The fourth-order valence-corrected chi connectivity index (χ4v) is 2.59.